The molecule has 62 valence electrons. The van der Waals surface area contributed by atoms with Crippen LogP contribution in [0.2, 0.25) is 0 Å². The summed E-state index contributed by atoms with van der Waals surface area (Å²) in [6.07, 6.45) is 0. The Morgan fingerprint density at radius 1 is 1.67 bits per heavy atom. The Kier molecular flexibility index (Phi) is 3.35. The number of hydrogen-bond donors (Lipinski definition) is 1. The number of halogens is 1. The summed E-state index contributed by atoms with van der Waals surface area (Å²) in [4.78, 5) is 11.0. The van der Waals surface area contributed by atoms with Crippen molar-refractivity contribution >= 4 is 29.8 Å². The first kappa shape index (κ1) is 9.33. The molecule has 1 N–H and O–H groups in total. The summed E-state index contributed by atoms with van der Waals surface area (Å²) in [6.45, 7) is 0. The van der Waals surface area contributed by atoms with E-state index in [0.717, 1.165) is 0 Å². The fourth-order valence-corrected chi connectivity index (χ4v) is 1.03. The van der Waals surface area contributed by atoms with Gasteiger partial charge in [-0.15, -0.1) is 0 Å². The third-order valence-electron chi connectivity index (χ3n) is 1.01. The zero-order valence-electron chi connectivity index (χ0n) is 5.70. The Morgan fingerprint density at radius 3 is 2.92 bits per heavy atom. The molecule has 12 heavy (non-hydrogen) atoms. The summed E-state index contributed by atoms with van der Waals surface area (Å²) in [5.41, 5.74) is 0. The second kappa shape index (κ2) is 4.31. The standard InChI is InChI=1S/C6H3BrNO3P/c7-5-2-1-4(11-5)6(9)8-3-12-10/h1-2H,(H,8,9). The molecule has 0 spiro atoms. The van der Waals surface area contributed by atoms with E-state index in [-0.39, 0.29) is 13.7 Å². The van der Waals surface area contributed by atoms with E-state index in [1.807, 2.05) is 0 Å². The van der Waals surface area contributed by atoms with E-state index >= 15 is 0 Å². The molecular formula is C6H3BrNO3P. The molecular weight excluding hydrogens is 245 g/mol. The number of rotatable bonds is 1. The van der Waals surface area contributed by atoms with Crippen LogP contribution in [-0.4, -0.2) is 5.91 Å². The number of nitrogens with one attached hydrogen (secondary N) is 1. The molecule has 0 radical (unpaired) electrons. The van der Waals surface area contributed by atoms with Gasteiger partial charge in [0.1, 0.15) is 0 Å². The number of furan rings is 1. The monoisotopic (exact) mass is 247 g/mol. The van der Waals surface area contributed by atoms with E-state index in [2.05, 4.69) is 27.0 Å². The molecule has 0 fully saturated rings. The van der Waals surface area contributed by atoms with E-state index in [9.17, 15) is 9.36 Å². The fourth-order valence-electron chi connectivity index (χ4n) is 0.572. The summed E-state index contributed by atoms with van der Waals surface area (Å²) in [7, 11) is -0.368. The molecule has 4 nitrogen and oxygen atoms in total. The summed E-state index contributed by atoms with van der Waals surface area (Å²) >= 11 is 3.04. The third-order valence-corrected chi connectivity index (χ3v) is 1.64. The molecule has 0 aliphatic rings. The van der Waals surface area contributed by atoms with Crippen LogP contribution in [0.5, 0.6) is 0 Å². The molecule has 0 saturated heterocycles. The summed E-state index contributed by atoms with van der Waals surface area (Å²) in [5.74, 6) is 1.75. The molecule has 0 unspecified atom stereocenters. The molecule has 0 saturated carbocycles. The average Bonchev–Trinajstić information content (AvgIpc) is 2.47. The van der Waals surface area contributed by atoms with Crippen LogP contribution in [0.1, 0.15) is 10.6 Å². The zero-order chi connectivity index (χ0) is 8.97. The Morgan fingerprint density at radius 2 is 2.42 bits per heavy atom. The van der Waals surface area contributed by atoms with Gasteiger partial charge >= 0.3 is 77.2 Å². The minimum absolute atomic E-state index is 0.137. The maximum absolute atomic E-state index is 11.0. The van der Waals surface area contributed by atoms with Crippen LogP contribution in [-0.2, 0) is 4.57 Å². The molecule has 0 bridgehead atoms. The van der Waals surface area contributed by atoms with Gasteiger partial charge in [-0.25, -0.2) is 0 Å². The Hall–Kier alpha value is -0.760. The van der Waals surface area contributed by atoms with Gasteiger partial charge in [-0.2, -0.15) is 0 Å². The van der Waals surface area contributed by atoms with Gasteiger partial charge in [0.05, 0.1) is 0 Å². The predicted molar refractivity (Wildman–Crippen MR) is 45.4 cm³/mol. The Labute approximate surface area is 77.6 Å². The molecule has 1 rings (SSSR count). The van der Waals surface area contributed by atoms with E-state index in [1.54, 1.807) is 6.07 Å². The predicted octanol–water partition coefficient (Wildman–Crippen LogP) is 1.98. The van der Waals surface area contributed by atoms with Gasteiger partial charge in [0, 0.05) is 0 Å². The van der Waals surface area contributed by atoms with Crippen molar-refractivity contribution in [1.82, 2.24) is 5.32 Å². The molecule has 0 atom stereocenters. The van der Waals surface area contributed by atoms with Crippen LogP contribution in [0.3, 0.4) is 0 Å². The molecule has 1 amide bonds. The van der Waals surface area contributed by atoms with Crippen LogP contribution in [0.15, 0.2) is 21.2 Å². The number of amides is 1. The second-order valence-corrected chi connectivity index (χ2v) is 2.95. The van der Waals surface area contributed by atoms with Crippen molar-refractivity contribution in [1.29, 1.82) is 0 Å². The molecule has 6 heteroatoms. The number of hydrogen-bond acceptors (Lipinski definition) is 3. The van der Waals surface area contributed by atoms with Crippen LogP contribution < -0.4 is 5.32 Å². The molecule has 0 aromatic carbocycles. The summed E-state index contributed by atoms with van der Waals surface area (Å²) < 4.78 is 15.2. The van der Waals surface area contributed by atoms with Crippen LogP contribution in [0, 0.1) is 5.75 Å². The van der Waals surface area contributed by atoms with Gasteiger partial charge in [0.15, 0.2) is 0 Å². The van der Waals surface area contributed by atoms with Crippen molar-refractivity contribution in [3.63, 3.8) is 0 Å². The van der Waals surface area contributed by atoms with Gasteiger partial charge < -0.3 is 0 Å². The normalized spacial score (nSPS) is 8.75. The van der Waals surface area contributed by atoms with Crippen LogP contribution in [0.4, 0.5) is 0 Å². The van der Waals surface area contributed by atoms with Crippen molar-refractivity contribution in [2.45, 2.75) is 0 Å². The third kappa shape index (κ3) is 2.38. The van der Waals surface area contributed by atoms with Crippen molar-refractivity contribution in [2.75, 3.05) is 0 Å². The first-order valence-corrected chi connectivity index (χ1v) is 4.47. The summed E-state index contributed by atoms with van der Waals surface area (Å²) in [5, 5.41) is 2.13. The number of carbonyl (C=O) groups excluding carboxylic acids is 1. The first-order chi connectivity index (χ1) is 5.74. The first-order valence-electron chi connectivity index (χ1n) is 2.87. The molecule has 0 aliphatic heterocycles. The van der Waals surface area contributed by atoms with Crippen LogP contribution >= 0.6 is 23.8 Å². The second-order valence-electron chi connectivity index (χ2n) is 1.76. The van der Waals surface area contributed by atoms with E-state index in [1.165, 1.54) is 6.07 Å². The van der Waals surface area contributed by atoms with Crippen molar-refractivity contribution in [3.05, 3.63) is 22.6 Å². The van der Waals surface area contributed by atoms with Crippen LogP contribution in [0.25, 0.3) is 0 Å². The van der Waals surface area contributed by atoms with Gasteiger partial charge in [0.25, 0.3) is 0 Å². The molecule has 1 heterocycles. The molecule has 1 aromatic rings. The topological polar surface area (TPSA) is 59.3 Å². The van der Waals surface area contributed by atoms with Gasteiger partial charge in [-0.3, -0.25) is 0 Å². The number of carbonyl (C=O) groups is 1. The Bertz CT molecular complexity index is 394. The van der Waals surface area contributed by atoms with Gasteiger partial charge in [0.2, 0.25) is 0 Å². The molecule has 1 aromatic heterocycles. The quantitative estimate of drug-likeness (QED) is 0.610. The summed E-state index contributed by atoms with van der Waals surface area (Å²) in [6, 6.07) is 3.08. The van der Waals surface area contributed by atoms with Gasteiger partial charge in [-0.1, -0.05) is 0 Å². The Balaban J connectivity index is 2.76. The minimum atomic E-state index is -0.482. The van der Waals surface area contributed by atoms with Crippen molar-refractivity contribution < 1.29 is 13.8 Å². The van der Waals surface area contributed by atoms with Crippen molar-refractivity contribution in [3.8, 4) is 5.75 Å². The fraction of sp³-hybridized carbons (Fsp3) is 0. The molecule has 0 aliphatic carbocycles. The maximum atomic E-state index is 11.0. The van der Waals surface area contributed by atoms with E-state index in [0.29, 0.717) is 4.67 Å². The van der Waals surface area contributed by atoms with Crippen molar-refractivity contribution in [2.24, 2.45) is 0 Å². The van der Waals surface area contributed by atoms with E-state index in [4.69, 9.17) is 4.42 Å². The zero-order valence-corrected chi connectivity index (χ0v) is 8.19. The SMILES string of the molecule is O=P#CNC(=O)c1ccc(Br)o1. The van der Waals surface area contributed by atoms with Gasteiger partial charge in [-0.05, 0) is 0 Å². The van der Waals surface area contributed by atoms with E-state index < -0.39 is 5.91 Å². The average molecular weight is 248 g/mol.